The van der Waals surface area contributed by atoms with Gasteiger partial charge >= 0.3 is 0 Å². The Labute approximate surface area is 200 Å². The topological polar surface area (TPSA) is 135 Å². The molecule has 1 N–H and O–H groups in total. The second kappa shape index (κ2) is 9.57. The van der Waals surface area contributed by atoms with Crippen LogP contribution in [-0.4, -0.2) is 46.8 Å². The number of nitrogens with zero attached hydrogens (tertiary/aromatic N) is 4. The number of nitro groups is 1. The van der Waals surface area contributed by atoms with Crippen molar-refractivity contribution in [2.24, 2.45) is 11.8 Å². The van der Waals surface area contributed by atoms with E-state index in [1.165, 1.54) is 40.7 Å². The highest BCUT2D eigenvalue weighted by Gasteiger charge is 2.31. The number of nitro benzene ring substituents is 1. The number of aromatic nitrogens is 2. The first-order valence-corrected chi connectivity index (χ1v) is 12.9. The monoisotopic (exact) mass is 501 g/mol. The fraction of sp³-hybridized carbons (Fsp3) is 0.318. The molecule has 1 aliphatic rings. The standard InChI is InChI=1S/C22H23N5O5S2/c1-14-11-15(2)13-26(12-14)34(31,32)19-9-5-16(6-10-19)20(28)23-22-25-24-21(33-22)17-3-7-18(8-4-17)27(29)30/h3-10,14-15H,11-13H2,1-2H3,(H,23,25,28)/t14-,15+. The average molecular weight is 502 g/mol. The minimum absolute atomic E-state index is 0.0310. The number of carbonyl (C=O) groups is 1. The van der Waals surface area contributed by atoms with Crippen LogP contribution in [-0.2, 0) is 10.0 Å². The fourth-order valence-electron chi connectivity index (χ4n) is 4.01. The number of benzene rings is 2. The molecule has 1 aliphatic heterocycles. The van der Waals surface area contributed by atoms with E-state index in [1.807, 2.05) is 13.8 Å². The number of anilines is 1. The molecular formula is C22H23N5O5S2. The van der Waals surface area contributed by atoms with E-state index in [1.54, 1.807) is 12.1 Å². The van der Waals surface area contributed by atoms with Gasteiger partial charge in [-0.3, -0.25) is 20.2 Å². The SMILES string of the molecule is C[C@@H]1C[C@H](C)CN(S(=O)(=O)c2ccc(C(=O)Nc3nnc(-c4ccc([N+](=O)[O-])cc4)s3)cc2)C1. The van der Waals surface area contributed by atoms with Gasteiger partial charge in [-0.15, -0.1) is 10.2 Å². The Morgan fingerprint density at radius 2 is 1.68 bits per heavy atom. The third-order valence-electron chi connectivity index (χ3n) is 5.56. The molecule has 2 heterocycles. The molecule has 1 aromatic heterocycles. The molecule has 1 saturated heterocycles. The Morgan fingerprint density at radius 3 is 2.26 bits per heavy atom. The van der Waals surface area contributed by atoms with Crippen molar-refractivity contribution in [2.45, 2.75) is 25.2 Å². The van der Waals surface area contributed by atoms with E-state index < -0.39 is 20.9 Å². The Bertz CT molecular complexity index is 1300. The zero-order valence-corrected chi connectivity index (χ0v) is 20.2. The van der Waals surface area contributed by atoms with E-state index in [2.05, 4.69) is 15.5 Å². The number of amides is 1. The first kappa shape index (κ1) is 23.9. The molecule has 0 spiro atoms. The number of carbonyl (C=O) groups excluding carboxylic acids is 1. The number of hydrogen-bond acceptors (Lipinski definition) is 8. The van der Waals surface area contributed by atoms with Gasteiger partial charge in [-0.05, 0) is 54.7 Å². The molecule has 1 fully saturated rings. The lowest BCUT2D eigenvalue weighted by molar-refractivity contribution is -0.384. The summed E-state index contributed by atoms with van der Waals surface area (Å²) >= 11 is 1.12. The molecule has 4 rings (SSSR count). The second-order valence-electron chi connectivity index (χ2n) is 8.46. The summed E-state index contributed by atoms with van der Waals surface area (Å²) in [6.07, 6.45) is 1.00. The molecule has 3 aromatic rings. The van der Waals surface area contributed by atoms with Crippen LogP contribution >= 0.6 is 11.3 Å². The molecule has 0 unspecified atom stereocenters. The summed E-state index contributed by atoms with van der Waals surface area (Å²) in [4.78, 5) is 23.1. The molecule has 0 saturated carbocycles. The van der Waals surface area contributed by atoms with Gasteiger partial charge in [0.1, 0.15) is 5.01 Å². The van der Waals surface area contributed by atoms with Crippen molar-refractivity contribution in [3.8, 4) is 10.6 Å². The number of piperidine rings is 1. The zero-order valence-electron chi connectivity index (χ0n) is 18.5. The average Bonchev–Trinajstić information content (AvgIpc) is 3.27. The summed E-state index contributed by atoms with van der Waals surface area (Å²) in [5.74, 6) is 0.147. The lowest BCUT2D eigenvalue weighted by Gasteiger charge is -2.34. The summed E-state index contributed by atoms with van der Waals surface area (Å²) in [6.45, 7) is 5.07. The summed E-state index contributed by atoms with van der Waals surface area (Å²) in [5.41, 5.74) is 0.891. The van der Waals surface area contributed by atoms with Gasteiger partial charge < -0.3 is 0 Å². The number of non-ortho nitro benzene ring substituents is 1. The predicted octanol–water partition coefficient (Wildman–Crippen LogP) is 4.03. The predicted molar refractivity (Wildman–Crippen MR) is 128 cm³/mol. The molecular weight excluding hydrogens is 478 g/mol. The van der Waals surface area contributed by atoms with Crippen LogP contribution < -0.4 is 5.32 Å². The number of rotatable bonds is 6. The van der Waals surface area contributed by atoms with Crippen molar-refractivity contribution in [3.05, 3.63) is 64.2 Å². The molecule has 34 heavy (non-hydrogen) atoms. The molecule has 0 radical (unpaired) electrons. The molecule has 1 amide bonds. The summed E-state index contributed by atoms with van der Waals surface area (Å²) < 4.78 is 27.6. The maximum atomic E-state index is 13.0. The number of sulfonamides is 1. The highest BCUT2D eigenvalue weighted by atomic mass is 32.2. The Morgan fingerprint density at radius 1 is 1.06 bits per heavy atom. The van der Waals surface area contributed by atoms with Crippen LogP contribution in [0.4, 0.5) is 10.8 Å². The first-order chi connectivity index (χ1) is 16.1. The van der Waals surface area contributed by atoms with Crippen LogP contribution in [0.25, 0.3) is 10.6 Å². The Hall–Kier alpha value is -3.22. The third-order valence-corrected chi connectivity index (χ3v) is 8.29. The van der Waals surface area contributed by atoms with Crippen LogP contribution in [0.3, 0.4) is 0 Å². The van der Waals surface area contributed by atoms with E-state index in [-0.39, 0.29) is 21.3 Å². The summed E-state index contributed by atoms with van der Waals surface area (Å²) in [6, 6.07) is 11.7. The van der Waals surface area contributed by atoms with Gasteiger partial charge in [0.25, 0.3) is 11.6 Å². The van der Waals surface area contributed by atoms with Gasteiger partial charge in [-0.25, -0.2) is 8.42 Å². The largest absolute Gasteiger partial charge is 0.296 e. The van der Waals surface area contributed by atoms with Crippen LogP contribution in [0.15, 0.2) is 53.4 Å². The van der Waals surface area contributed by atoms with Gasteiger partial charge in [0.05, 0.1) is 9.82 Å². The van der Waals surface area contributed by atoms with Crippen molar-refractivity contribution < 1.29 is 18.1 Å². The maximum Gasteiger partial charge on any atom is 0.269 e. The van der Waals surface area contributed by atoms with E-state index in [0.717, 1.165) is 17.8 Å². The van der Waals surface area contributed by atoms with Crippen LogP contribution in [0.5, 0.6) is 0 Å². The van der Waals surface area contributed by atoms with Crippen molar-refractivity contribution in [1.29, 1.82) is 0 Å². The van der Waals surface area contributed by atoms with Crippen molar-refractivity contribution >= 4 is 38.1 Å². The van der Waals surface area contributed by atoms with Crippen LogP contribution in [0, 0.1) is 22.0 Å². The molecule has 10 nitrogen and oxygen atoms in total. The molecule has 2 aromatic carbocycles. The van der Waals surface area contributed by atoms with E-state index in [9.17, 15) is 23.3 Å². The smallest absolute Gasteiger partial charge is 0.269 e. The van der Waals surface area contributed by atoms with Gasteiger partial charge in [0.2, 0.25) is 15.2 Å². The Balaban J connectivity index is 1.44. The van der Waals surface area contributed by atoms with Gasteiger partial charge in [-0.1, -0.05) is 25.2 Å². The summed E-state index contributed by atoms with van der Waals surface area (Å²) in [7, 11) is -3.63. The highest BCUT2D eigenvalue weighted by Crippen LogP contribution is 2.29. The molecule has 2 atom stereocenters. The molecule has 0 bridgehead atoms. The molecule has 0 aliphatic carbocycles. The second-order valence-corrected chi connectivity index (χ2v) is 11.4. The number of nitrogens with one attached hydrogen (secondary N) is 1. The van der Waals surface area contributed by atoms with Crippen molar-refractivity contribution in [3.63, 3.8) is 0 Å². The van der Waals surface area contributed by atoms with Gasteiger partial charge in [0, 0.05) is 36.3 Å². The summed E-state index contributed by atoms with van der Waals surface area (Å²) in [5, 5.41) is 22.2. The normalized spacial score (nSPS) is 19.0. The molecule has 12 heteroatoms. The molecule has 178 valence electrons. The van der Waals surface area contributed by atoms with E-state index in [4.69, 9.17) is 0 Å². The maximum absolute atomic E-state index is 13.0. The quantitative estimate of drug-likeness (QED) is 0.398. The van der Waals surface area contributed by atoms with Crippen molar-refractivity contribution in [2.75, 3.05) is 18.4 Å². The third kappa shape index (κ3) is 5.13. The Kier molecular flexibility index (Phi) is 6.73. The minimum atomic E-state index is -3.63. The first-order valence-electron chi connectivity index (χ1n) is 10.6. The van der Waals surface area contributed by atoms with Crippen LogP contribution in [0.1, 0.15) is 30.6 Å². The fourth-order valence-corrected chi connectivity index (χ4v) is 6.44. The lowest BCUT2D eigenvalue weighted by Crippen LogP contribution is -2.42. The van der Waals surface area contributed by atoms with Gasteiger partial charge in [-0.2, -0.15) is 4.31 Å². The van der Waals surface area contributed by atoms with E-state index in [0.29, 0.717) is 35.5 Å². The van der Waals surface area contributed by atoms with Crippen LogP contribution in [0.2, 0.25) is 0 Å². The number of hydrogen-bond donors (Lipinski definition) is 1. The lowest BCUT2D eigenvalue weighted by atomic mass is 9.94. The minimum Gasteiger partial charge on any atom is -0.296 e. The highest BCUT2D eigenvalue weighted by molar-refractivity contribution is 7.89. The van der Waals surface area contributed by atoms with Crippen molar-refractivity contribution in [1.82, 2.24) is 14.5 Å². The van der Waals surface area contributed by atoms with Gasteiger partial charge in [0.15, 0.2) is 0 Å². The van der Waals surface area contributed by atoms with E-state index >= 15 is 0 Å². The zero-order chi connectivity index (χ0) is 24.5.